The zero-order valence-electron chi connectivity index (χ0n) is 30.1. The van der Waals surface area contributed by atoms with Gasteiger partial charge in [0, 0.05) is 34.9 Å². The van der Waals surface area contributed by atoms with Crippen LogP contribution in [0.5, 0.6) is 0 Å². The van der Waals surface area contributed by atoms with Crippen molar-refractivity contribution in [3.63, 3.8) is 0 Å². The molecule has 3 aromatic carbocycles. The first kappa shape index (κ1) is 38.8. The van der Waals surface area contributed by atoms with Crippen LogP contribution in [0.2, 0.25) is 0 Å². The normalized spacial score (nSPS) is 13.9. The zero-order valence-corrected chi connectivity index (χ0v) is 30.1. The molecule has 0 bridgehead atoms. The van der Waals surface area contributed by atoms with Crippen LogP contribution in [-0.4, -0.2) is 6.04 Å². The van der Waals surface area contributed by atoms with Crippen LogP contribution in [0.25, 0.3) is 11.1 Å². The number of rotatable bonds is 21. The predicted octanol–water partition coefficient (Wildman–Crippen LogP) is 13.5. The van der Waals surface area contributed by atoms with Crippen LogP contribution >= 0.6 is 0 Å². The third kappa shape index (κ3) is 11.0. The fourth-order valence-corrected chi connectivity index (χ4v) is 5.82. The molecule has 0 saturated carbocycles. The number of hydrogen-bond donors (Lipinski definition) is 0. The van der Waals surface area contributed by atoms with E-state index in [2.05, 4.69) is 178 Å². The number of nitrogens with zero attached hydrogens (tertiary/aromatic N) is 2. The van der Waals surface area contributed by atoms with Gasteiger partial charge in [-0.3, -0.25) is 0 Å². The summed E-state index contributed by atoms with van der Waals surface area (Å²) in [5.74, 6) is 0.451. The van der Waals surface area contributed by atoms with Crippen molar-refractivity contribution in [3.05, 3.63) is 220 Å². The molecule has 256 valence electrons. The molecule has 3 aromatic rings. The smallest absolute Gasteiger partial charge is 0.0553 e. The van der Waals surface area contributed by atoms with Crippen LogP contribution in [0.15, 0.2) is 215 Å². The summed E-state index contributed by atoms with van der Waals surface area (Å²) in [4.78, 5) is 4.49. The fourth-order valence-electron chi connectivity index (χ4n) is 5.82. The van der Waals surface area contributed by atoms with Crippen LogP contribution in [0.4, 0.5) is 11.4 Å². The molecular weight excluding hydrogens is 605 g/mol. The monoisotopic (exact) mass is 658 g/mol. The highest BCUT2D eigenvalue weighted by Gasteiger charge is 2.18. The van der Waals surface area contributed by atoms with Crippen molar-refractivity contribution in [2.45, 2.75) is 45.1 Å². The number of benzene rings is 3. The maximum absolute atomic E-state index is 4.16. The molecule has 50 heavy (non-hydrogen) atoms. The van der Waals surface area contributed by atoms with Crippen molar-refractivity contribution < 1.29 is 0 Å². The molecule has 3 unspecified atom stereocenters. The van der Waals surface area contributed by atoms with Gasteiger partial charge in [0.2, 0.25) is 0 Å². The molecule has 0 amide bonds. The zero-order chi connectivity index (χ0) is 36.1. The molecule has 3 atom stereocenters. The summed E-state index contributed by atoms with van der Waals surface area (Å²) in [5.41, 5.74) is 7.76. The first-order chi connectivity index (χ1) is 24.5. The molecular formula is C48H54N2. The van der Waals surface area contributed by atoms with E-state index in [1.54, 1.807) is 0 Å². The lowest BCUT2D eigenvalue weighted by Crippen LogP contribution is -2.32. The lowest BCUT2D eigenvalue weighted by atomic mass is 9.96. The van der Waals surface area contributed by atoms with Gasteiger partial charge in [-0.05, 0) is 98.2 Å². The standard InChI is InChI=1S/C48H54N2/c1-9-22-39(12-4)25-20-29-44(14-6)49(38-21-28-40(13-5)41-26-18-17-19-27-41)47-34-30-42(31-35-47)43-32-36-48(37-33-43)50(45(15-7)23-10-2)46(16-8)24-11-3/h9-21,24-27,29-40,45H,1-2,4-7,22-23,28H2,3,8H3/b24-11-,25-20+,38-21+,44-29+,46-16+. The first-order valence-electron chi connectivity index (χ1n) is 17.4. The third-order valence-electron chi connectivity index (χ3n) is 8.56. The Hall–Kier alpha value is -5.60. The van der Waals surface area contributed by atoms with Crippen molar-refractivity contribution in [3.8, 4) is 11.1 Å². The number of anilines is 2. The average molecular weight is 659 g/mol. The summed E-state index contributed by atoms with van der Waals surface area (Å²) in [6.45, 7) is 28.3. The van der Waals surface area contributed by atoms with Gasteiger partial charge in [0.1, 0.15) is 0 Å². The highest BCUT2D eigenvalue weighted by atomic mass is 15.2. The SMILES string of the molecule is C=CCC(C=C)/C=C/C=C(\C=C)N(/C=C/CC(C=C)c1ccccc1)c1ccc(-c2ccc(N(C(/C=C\C)=C/C)C(C=C)CC=C)cc2)cc1. The van der Waals surface area contributed by atoms with Gasteiger partial charge in [-0.25, -0.2) is 0 Å². The Morgan fingerprint density at radius 3 is 1.84 bits per heavy atom. The van der Waals surface area contributed by atoms with Crippen molar-refractivity contribution in [1.82, 2.24) is 0 Å². The highest BCUT2D eigenvalue weighted by molar-refractivity contribution is 5.71. The molecule has 2 heteroatoms. The predicted molar refractivity (Wildman–Crippen MR) is 223 cm³/mol. The van der Waals surface area contributed by atoms with E-state index < -0.39 is 0 Å². The summed E-state index contributed by atoms with van der Waals surface area (Å²) in [5, 5.41) is 0. The van der Waals surface area contributed by atoms with E-state index in [1.807, 2.05) is 49.4 Å². The van der Waals surface area contributed by atoms with Gasteiger partial charge in [-0.2, -0.15) is 0 Å². The van der Waals surface area contributed by atoms with Crippen LogP contribution in [0, 0.1) is 5.92 Å². The Morgan fingerprint density at radius 1 is 0.680 bits per heavy atom. The van der Waals surface area contributed by atoms with Gasteiger partial charge in [-0.1, -0.05) is 122 Å². The van der Waals surface area contributed by atoms with E-state index in [1.165, 1.54) is 5.56 Å². The average Bonchev–Trinajstić information content (AvgIpc) is 3.16. The summed E-state index contributed by atoms with van der Waals surface area (Å²) in [6.07, 6.45) is 31.2. The lowest BCUT2D eigenvalue weighted by molar-refractivity contribution is 0.770. The third-order valence-corrected chi connectivity index (χ3v) is 8.56. The van der Waals surface area contributed by atoms with E-state index in [0.29, 0.717) is 0 Å². The van der Waals surface area contributed by atoms with Gasteiger partial charge in [-0.15, -0.1) is 32.9 Å². The second-order valence-electron chi connectivity index (χ2n) is 11.9. The Morgan fingerprint density at radius 2 is 1.32 bits per heavy atom. The fraction of sp³-hybridized carbons (Fsp3) is 0.167. The van der Waals surface area contributed by atoms with Crippen molar-refractivity contribution >= 4 is 11.4 Å². The maximum Gasteiger partial charge on any atom is 0.0553 e. The molecule has 3 rings (SSSR count). The van der Waals surface area contributed by atoms with E-state index in [4.69, 9.17) is 0 Å². The minimum absolute atomic E-state index is 0.0973. The molecule has 0 aliphatic rings. The van der Waals surface area contributed by atoms with E-state index in [0.717, 1.165) is 53.2 Å². The van der Waals surface area contributed by atoms with Crippen LogP contribution < -0.4 is 9.80 Å². The maximum atomic E-state index is 4.16. The molecule has 0 fully saturated rings. The van der Waals surface area contributed by atoms with Crippen molar-refractivity contribution in [1.29, 1.82) is 0 Å². The van der Waals surface area contributed by atoms with E-state index in [9.17, 15) is 0 Å². The number of allylic oxidation sites excluding steroid dienone is 11. The van der Waals surface area contributed by atoms with Crippen molar-refractivity contribution in [2.24, 2.45) is 5.92 Å². The molecule has 0 aliphatic heterocycles. The van der Waals surface area contributed by atoms with Gasteiger partial charge in [0.25, 0.3) is 0 Å². The largest absolute Gasteiger partial charge is 0.335 e. The minimum Gasteiger partial charge on any atom is -0.335 e. The van der Waals surface area contributed by atoms with Gasteiger partial charge >= 0.3 is 0 Å². The highest BCUT2D eigenvalue weighted by Crippen LogP contribution is 2.31. The summed E-state index contributed by atoms with van der Waals surface area (Å²) < 4.78 is 0. The molecule has 0 radical (unpaired) electrons. The first-order valence-corrected chi connectivity index (χ1v) is 17.4. The summed E-state index contributed by atoms with van der Waals surface area (Å²) in [6, 6.07) is 28.0. The molecule has 0 N–H and O–H groups in total. The van der Waals surface area contributed by atoms with Crippen LogP contribution in [0.1, 0.15) is 44.6 Å². The van der Waals surface area contributed by atoms with Gasteiger partial charge in [0.05, 0.1) is 6.04 Å². The molecule has 0 aromatic heterocycles. The van der Waals surface area contributed by atoms with E-state index in [-0.39, 0.29) is 17.9 Å². The summed E-state index contributed by atoms with van der Waals surface area (Å²) >= 11 is 0. The Kier molecular flexibility index (Phi) is 16.6. The van der Waals surface area contributed by atoms with Crippen LogP contribution in [0.3, 0.4) is 0 Å². The minimum atomic E-state index is 0.0973. The molecule has 0 saturated heterocycles. The second kappa shape index (κ2) is 21.4. The molecule has 2 nitrogen and oxygen atoms in total. The number of hydrogen-bond acceptors (Lipinski definition) is 2. The van der Waals surface area contributed by atoms with Crippen LogP contribution in [-0.2, 0) is 0 Å². The Labute approximate surface area is 302 Å². The topological polar surface area (TPSA) is 6.48 Å². The second-order valence-corrected chi connectivity index (χ2v) is 11.9. The summed E-state index contributed by atoms with van der Waals surface area (Å²) in [7, 11) is 0. The quantitative estimate of drug-likeness (QED) is 0.0830. The Balaban J connectivity index is 1.97. The van der Waals surface area contributed by atoms with E-state index >= 15 is 0 Å². The van der Waals surface area contributed by atoms with Gasteiger partial charge in [0.15, 0.2) is 0 Å². The molecule has 0 spiro atoms. The van der Waals surface area contributed by atoms with Crippen molar-refractivity contribution in [2.75, 3.05) is 9.80 Å². The molecule has 0 heterocycles. The Bertz CT molecular complexity index is 1690. The lowest BCUT2D eigenvalue weighted by Gasteiger charge is -2.32. The van der Waals surface area contributed by atoms with Gasteiger partial charge < -0.3 is 9.80 Å². The molecule has 0 aliphatic carbocycles.